The molecule has 0 radical (unpaired) electrons. The van der Waals surface area contributed by atoms with E-state index in [1.54, 1.807) is 0 Å². The second kappa shape index (κ2) is 7.31. The molecule has 0 spiro atoms. The molecule has 2 aromatic carbocycles. The van der Waals surface area contributed by atoms with Crippen molar-refractivity contribution in [2.24, 2.45) is 0 Å². The molecule has 0 N–H and O–H groups in total. The Morgan fingerprint density at radius 1 is 0.962 bits per heavy atom. The molecule has 0 saturated heterocycles. The first-order chi connectivity index (χ1) is 12.3. The molecule has 4 heteroatoms. The Morgan fingerprint density at radius 3 is 2.35 bits per heavy atom. The van der Waals surface area contributed by atoms with Gasteiger partial charge in [-0.1, -0.05) is 35.6 Å². The minimum absolute atomic E-state index is 0.376. The molecule has 1 heterocycles. The lowest BCUT2D eigenvalue weighted by molar-refractivity contribution is 0.177. The van der Waals surface area contributed by atoms with Gasteiger partial charge in [0.05, 0.1) is 5.75 Å². The Hall–Kier alpha value is -2.02. The molecule has 0 atom stereocenters. The summed E-state index contributed by atoms with van der Waals surface area (Å²) in [7, 11) is 0. The maximum Gasteiger partial charge on any atom is 0.591 e. The van der Waals surface area contributed by atoms with Crippen molar-refractivity contribution < 1.29 is 8.53 Å². The van der Waals surface area contributed by atoms with Gasteiger partial charge in [0.25, 0.3) is 0 Å². The number of hydrogen-bond acceptors (Lipinski definition) is 3. The molecule has 134 valence electrons. The van der Waals surface area contributed by atoms with Crippen molar-refractivity contribution in [3.63, 3.8) is 0 Å². The van der Waals surface area contributed by atoms with Crippen LogP contribution in [-0.2, 0) is 0 Å². The van der Waals surface area contributed by atoms with E-state index in [0.29, 0.717) is 0 Å². The summed E-state index contributed by atoms with van der Waals surface area (Å²) in [4.78, 5) is 4.72. The topological polar surface area (TPSA) is 31.4 Å². The van der Waals surface area contributed by atoms with Crippen molar-refractivity contribution in [1.82, 2.24) is 4.98 Å². The molecule has 0 unspecified atom stereocenters. The number of aryl methyl sites for hydroxylation is 3. The van der Waals surface area contributed by atoms with Gasteiger partial charge < -0.3 is 8.53 Å². The molecular formula is C22H26AlNO2. The molecule has 0 saturated carbocycles. The molecule has 3 aromatic rings. The summed E-state index contributed by atoms with van der Waals surface area (Å²) in [5, 5.41) is 1.14. The van der Waals surface area contributed by atoms with E-state index in [1.165, 1.54) is 11.1 Å². The van der Waals surface area contributed by atoms with Crippen LogP contribution in [0.3, 0.4) is 0 Å². The number of nitrogens with zero attached hydrogens (tertiary/aromatic N) is 1. The molecule has 0 aliphatic heterocycles. The van der Waals surface area contributed by atoms with Gasteiger partial charge in [-0.15, -0.1) is 0 Å². The van der Waals surface area contributed by atoms with E-state index in [0.717, 1.165) is 28.1 Å². The standard InChI is InChI=1S/C14H16NO.C7H8O.CH3.Al/c1-9(2)16-13-7-5-6-12-10(3)8-11(4)15-14(12)13;1-6-2-4-7(8)5-3-6;;/h5-8H,1-4H3;2-5,8H,1H3;1H3;/q;;;+1/p-1. The Kier molecular flexibility index (Phi) is 5.27. The molecule has 0 amide bonds. The van der Waals surface area contributed by atoms with E-state index in [-0.39, 0.29) is 4.46 Å². The Balaban J connectivity index is 1.86. The van der Waals surface area contributed by atoms with Crippen molar-refractivity contribution in [3.05, 3.63) is 65.4 Å². The summed E-state index contributed by atoms with van der Waals surface area (Å²) >= 11 is -1.68. The lowest BCUT2D eigenvalue weighted by Gasteiger charge is -2.30. The fourth-order valence-corrected chi connectivity index (χ4v) is 4.11. The molecule has 0 aliphatic rings. The summed E-state index contributed by atoms with van der Waals surface area (Å²) in [5.74, 6) is 3.91. The fraction of sp³-hybridized carbons (Fsp3) is 0.318. The highest BCUT2D eigenvalue weighted by Gasteiger charge is 2.40. The van der Waals surface area contributed by atoms with Gasteiger partial charge in [-0.3, -0.25) is 0 Å². The van der Waals surface area contributed by atoms with Crippen molar-refractivity contribution >= 4 is 25.4 Å². The summed E-state index contributed by atoms with van der Waals surface area (Å²) in [6.07, 6.45) is 0. The fourth-order valence-electron chi connectivity index (χ4n) is 2.97. The quantitative estimate of drug-likeness (QED) is 0.556. The molecule has 3 nitrogen and oxygen atoms in total. The van der Waals surface area contributed by atoms with Gasteiger partial charge in [-0.05, 0) is 64.4 Å². The van der Waals surface area contributed by atoms with E-state index in [1.807, 2.05) is 31.2 Å². The number of benzene rings is 2. The number of pyridine rings is 1. The Labute approximate surface area is 160 Å². The Bertz CT molecular complexity index is 919. The summed E-state index contributed by atoms with van der Waals surface area (Å²) in [5.41, 5.74) is 4.38. The number of rotatable bonds is 5. The van der Waals surface area contributed by atoms with Gasteiger partial charge in [-0.2, -0.15) is 0 Å². The van der Waals surface area contributed by atoms with E-state index >= 15 is 0 Å². The second-order valence-corrected chi connectivity index (χ2v) is 10.4. The normalized spacial score (nSPS) is 11.5. The van der Waals surface area contributed by atoms with E-state index in [4.69, 9.17) is 13.5 Å². The van der Waals surface area contributed by atoms with Gasteiger partial charge in [-0.25, -0.2) is 4.98 Å². The number of aromatic nitrogens is 1. The highest BCUT2D eigenvalue weighted by atomic mass is 27.2. The number of hydrogen-bond donors (Lipinski definition) is 0. The van der Waals surface area contributed by atoms with Crippen molar-refractivity contribution in [1.29, 1.82) is 0 Å². The molecule has 3 rings (SSSR count). The third-order valence-corrected chi connectivity index (χ3v) is 7.52. The first-order valence-corrected chi connectivity index (χ1v) is 11.3. The lowest BCUT2D eigenvalue weighted by Crippen LogP contribution is -2.47. The highest BCUT2D eigenvalue weighted by molar-refractivity contribution is 6.54. The maximum atomic E-state index is 6.46. The maximum absolute atomic E-state index is 6.46. The average Bonchev–Trinajstić information content (AvgIpc) is 2.57. The number of ether oxygens (including phenoxy) is 1. The van der Waals surface area contributed by atoms with Gasteiger partial charge in [0.2, 0.25) is 0 Å². The van der Waals surface area contributed by atoms with Crippen LogP contribution in [0.5, 0.6) is 11.5 Å². The number of fused-ring (bicyclic) bond motifs is 1. The van der Waals surface area contributed by atoms with Crippen LogP contribution in [0.4, 0.5) is 0 Å². The SMILES string of the molecule is Cc1ccc([O][Al]([CH3])[C](C)(C)Oc2cccc3c(C)cc(C)nc23)cc1. The van der Waals surface area contributed by atoms with Crippen LogP contribution >= 0.6 is 0 Å². The smallest absolute Gasteiger partial charge is 0.591 e. The largest absolute Gasteiger partial charge is 0.641 e. The predicted octanol–water partition coefficient (Wildman–Crippen LogP) is 5.56. The number of para-hydroxylation sites is 1. The highest BCUT2D eigenvalue weighted by Crippen LogP contribution is 2.30. The monoisotopic (exact) mass is 363 g/mol. The first-order valence-electron chi connectivity index (χ1n) is 9.05. The first kappa shape index (κ1) is 18.8. The van der Waals surface area contributed by atoms with Gasteiger partial charge in [0.15, 0.2) is 0 Å². The van der Waals surface area contributed by atoms with Crippen LogP contribution in [0.15, 0.2) is 48.5 Å². The molecule has 26 heavy (non-hydrogen) atoms. The summed E-state index contributed by atoms with van der Waals surface area (Å²) in [6, 6.07) is 16.4. The molecular weight excluding hydrogens is 337 g/mol. The summed E-state index contributed by atoms with van der Waals surface area (Å²) < 4.78 is 12.3. The van der Waals surface area contributed by atoms with Crippen LogP contribution in [0.1, 0.15) is 30.7 Å². The molecule has 0 fully saturated rings. The molecule has 1 aromatic heterocycles. The van der Waals surface area contributed by atoms with E-state index in [2.05, 4.69) is 57.7 Å². The van der Waals surface area contributed by atoms with Crippen molar-refractivity contribution in [2.75, 3.05) is 0 Å². The second-order valence-electron chi connectivity index (χ2n) is 7.51. The summed E-state index contributed by atoms with van der Waals surface area (Å²) in [6.45, 7) is 10.4. The van der Waals surface area contributed by atoms with Crippen LogP contribution in [-0.4, -0.2) is 23.9 Å². The zero-order valence-corrected chi connectivity index (χ0v) is 17.6. The van der Waals surface area contributed by atoms with Crippen molar-refractivity contribution in [3.8, 4) is 11.5 Å². The molecule has 0 aliphatic carbocycles. The minimum atomic E-state index is -1.68. The zero-order valence-electron chi connectivity index (χ0n) is 16.5. The van der Waals surface area contributed by atoms with Gasteiger partial charge in [0.1, 0.15) is 15.7 Å². The predicted molar refractivity (Wildman–Crippen MR) is 109 cm³/mol. The third kappa shape index (κ3) is 4.03. The average molecular weight is 363 g/mol. The zero-order chi connectivity index (χ0) is 18.9. The van der Waals surface area contributed by atoms with Gasteiger partial charge in [0, 0.05) is 11.1 Å². The van der Waals surface area contributed by atoms with Crippen LogP contribution in [0.2, 0.25) is 5.79 Å². The lowest BCUT2D eigenvalue weighted by atomic mass is 10.1. The third-order valence-electron chi connectivity index (χ3n) is 4.82. The van der Waals surface area contributed by atoms with Crippen molar-refractivity contribution in [2.45, 2.75) is 44.9 Å². The molecule has 0 bridgehead atoms. The van der Waals surface area contributed by atoms with E-state index in [9.17, 15) is 0 Å². The minimum Gasteiger partial charge on any atom is -0.641 e. The van der Waals surface area contributed by atoms with Crippen LogP contribution < -0.4 is 8.53 Å². The van der Waals surface area contributed by atoms with Crippen LogP contribution in [0, 0.1) is 20.8 Å². The van der Waals surface area contributed by atoms with Gasteiger partial charge >= 0.3 is 14.5 Å². The Morgan fingerprint density at radius 2 is 1.65 bits per heavy atom. The van der Waals surface area contributed by atoms with E-state index < -0.39 is 14.5 Å². The van der Waals surface area contributed by atoms with Crippen LogP contribution in [0.25, 0.3) is 10.9 Å².